The fourth-order valence-corrected chi connectivity index (χ4v) is 1.20. The van der Waals surface area contributed by atoms with Crippen molar-refractivity contribution in [2.45, 2.75) is 0 Å². The van der Waals surface area contributed by atoms with E-state index in [1.807, 2.05) is 0 Å². The number of carboxylic acid groups (broad SMARTS) is 1. The number of oxime groups is 1. The number of phenolic OH excluding ortho intramolecular Hbond substituents is 1. The third kappa shape index (κ3) is 3.49. The molecule has 0 bridgehead atoms. The number of hydrogen-bond acceptors (Lipinski definition) is 4. The molecule has 0 aromatic heterocycles. The van der Waals surface area contributed by atoms with E-state index in [1.54, 1.807) is 0 Å². The van der Waals surface area contributed by atoms with Crippen LogP contribution < -0.4 is 0 Å². The zero-order valence-electron chi connectivity index (χ0n) is 8.76. The molecule has 0 radical (unpaired) electrons. The van der Waals surface area contributed by atoms with Crippen LogP contribution in [-0.2, 0) is 9.63 Å². The van der Waals surface area contributed by atoms with Crippen molar-refractivity contribution in [2.75, 3.05) is 6.61 Å². The Morgan fingerprint density at radius 1 is 1.59 bits per heavy atom. The summed E-state index contributed by atoms with van der Waals surface area (Å²) in [6, 6.07) is 3.95. The van der Waals surface area contributed by atoms with Gasteiger partial charge < -0.3 is 15.1 Å². The van der Waals surface area contributed by atoms with Crippen molar-refractivity contribution in [1.82, 2.24) is 0 Å². The van der Waals surface area contributed by atoms with Gasteiger partial charge >= 0.3 is 5.97 Å². The quantitative estimate of drug-likeness (QED) is 0.365. The van der Waals surface area contributed by atoms with Gasteiger partial charge in [-0.1, -0.05) is 29.4 Å². The first kappa shape index (κ1) is 13.1. The average molecular weight is 256 g/mol. The van der Waals surface area contributed by atoms with Gasteiger partial charge in [0, 0.05) is 5.56 Å². The first-order chi connectivity index (χ1) is 8.06. The van der Waals surface area contributed by atoms with Crippen molar-refractivity contribution in [1.29, 1.82) is 0 Å². The molecule has 5 nitrogen and oxygen atoms in total. The molecular formula is C11H10ClNO4. The van der Waals surface area contributed by atoms with E-state index in [0.29, 0.717) is 0 Å². The van der Waals surface area contributed by atoms with E-state index in [4.69, 9.17) is 21.5 Å². The molecule has 0 fully saturated rings. The van der Waals surface area contributed by atoms with Gasteiger partial charge in [-0.05, 0) is 18.2 Å². The highest BCUT2D eigenvalue weighted by molar-refractivity contribution is 6.43. The molecule has 1 aromatic carbocycles. The van der Waals surface area contributed by atoms with Gasteiger partial charge in [0.25, 0.3) is 0 Å². The Morgan fingerprint density at radius 2 is 2.29 bits per heavy atom. The molecular weight excluding hydrogens is 246 g/mol. The summed E-state index contributed by atoms with van der Waals surface area (Å²) >= 11 is 5.67. The van der Waals surface area contributed by atoms with E-state index in [2.05, 4.69) is 11.7 Å². The lowest BCUT2D eigenvalue weighted by atomic mass is 10.1. The highest BCUT2D eigenvalue weighted by Gasteiger charge is 2.15. The normalized spacial score (nSPS) is 11.0. The summed E-state index contributed by atoms with van der Waals surface area (Å²) in [4.78, 5) is 15.7. The van der Waals surface area contributed by atoms with Gasteiger partial charge in [-0.3, -0.25) is 0 Å². The molecule has 0 aliphatic heterocycles. The number of aromatic hydroxyl groups is 1. The monoisotopic (exact) mass is 255 g/mol. The van der Waals surface area contributed by atoms with Crippen molar-refractivity contribution in [3.63, 3.8) is 0 Å². The van der Waals surface area contributed by atoms with Crippen LogP contribution in [0.2, 0.25) is 5.02 Å². The smallest absolute Gasteiger partial charge is 0.358 e. The van der Waals surface area contributed by atoms with Gasteiger partial charge in [-0.2, -0.15) is 0 Å². The van der Waals surface area contributed by atoms with E-state index in [-0.39, 0.29) is 28.7 Å². The van der Waals surface area contributed by atoms with Gasteiger partial charge in [0.2, 0.25) is 0 Å². The van der Waals surface area contributed by atoms with E-state index < -0.39 is 5.97 Å². The molecule has 0 unspecified atom stereocenters. The first-order valence-corrected chi connectivity index (χ1v) is 4.97. The van der Waals surface area contributed by atoms with Gasteiger partial charge in [-0.25, -0.2) is 4.79 Å². The van der Waals surface area contributed by atoms with E-state index in [1.165, 1.54) is 24.3 Å². The van der Waals surface area contributed by atoms with Crippen molar-refractivity contribution in [3.8, 4) is 5.75 Å². The molecule has 0 saturated heterocycles. The Hall–Kier alpha value is -2.01. The maximum Gasteiger partial charge on any atom is 0.358 e. The van der Waals surface area contributed by atoms with Gasteiger partial charge in [0.1, 0.15) is 12.4 Å². The summed E-state index contributed by atoms with van der Waals surface area (Å²) in [5, 5.41) is 21.7. The number of halogens is 1. The SMILES string of the molecule is C=CCON=C(C(=O)O)c1ccc(O)c(Cl)c1. The van der Waals surface area contributed by atoms with Crippen LogP contribution in [0.15, 0.2) is 36.0 Å². The summed E-state index contributed by atoms with van der Waals surface area (Å²) in [6.45, 7) is 3.50. The van der Waals surface area contributed by atoms with E-state index in [9.17, 15) is 9.90 Å². The first-order valence-electron chi connectivity index (χ1n) is 4.59. The second kappa shape index (κ2) is 5.91. The maximum absolute atomic E-state index is 10.9. The maximum atomic E-state index is 10.9. The number of benzene rings is 1. The summed E-state index contributed by atoms with van der Waals surface area (Å²) in [7, 11) is 0. The molecule has 17 heavy (non-hydrogen) atoms. The zero-order valence-corrected chi connectivity index (χ0v) is 9.52. The molecule has 0 aliphatic carbocycles. The van der Waals surface area contributed by atoms with E-state index in [0.717, 1.165) is 0 Å². The minimum atomic E-state index is -1.25. The number of carbonyl (C=O) groups is 1. The molecule has 6 heteroatoms. The molecule has 0 heterocycles. The molecule has 0 saturated carbocycles. The lowest BCUT2D eigenvalue weighted by Crippen LogP contribution is -2.15. The zero-order chi connectivity index (χ0) is 12.8. The molecule has 1 rings (SSSR count). The fourth-order valence-electron chi connectivity index (χ4n) is 1.02. The number of hydrogen-bond donors (Lipinski definition) is 2. The minimum Gasteiger partial charge on any atom is -0.506 e. The topological polar surface area (TPSA) is 79.1 Å². The predicted octanol–water partition coefficient (Wildman–Crippen LogP) is 2.04. The number of phenols is 1. The second-order valence-corrected chi connectivity index (χ2v) is 3.40. The molecule has 0 aliphatic rings. The highest BCUT2D eigenvalue weighted by atomic mass is 35.5. The molecule has 90 valence electrons. The molecule has 1 aromatic rings. The Bertz CT molecular complexity index is 471. The van der Waals surface area contributed by atoms with E-state index >= 15 is 0 Å². The van der Waals surface area contributed by atoms with Crippen molar-refractivity contribution in [3.05, 3.63) is 41.4 Å². The minimum absolute atomic E-state index is 0.0418. The van der Waals surface area contributed by atoms with Crippen LogP contribution in [0.25, 0.3) is 0 Å². The van der Waals surface area contributed by atoms with Gasteiger partial charge in [0.05, 0.1) is 5.02 Å². The Labute approximate surface area is 103 Å². The summed E-state index contributed by atoms with van der Waals surface area (Å²) < 4.78 is 0. The van der Waals surface area contributed by atoms with Crippen molar-refractivity contribution >= 4 is 23.3 Å². The lowest BCUT2D eigenvalue weighted by Gasteiger charge is -2.03. The summed E-state index contributed by atoms with van der Waals surface area (Å²) in [5.74, 6) is -1.39. The Kier molecular flexibility index (Phi) is 4.54. The van der Waals surface area contributed by atoms with Gasteiger partial charge in [0.15, 0.2) is 5.71 Å². The van der Waals surface area contributed by atoms with Crippen LogP contribution in [0, 0.1) is 0 Å². The predicted molar refractivity (Wildman–Crippen MR) is 63.4 cm³/mol. The number of nitrogens with zero attached hydrogens (tertiary/aromatic N) is 1. The number of rotatable bonds is 5. The second-order valence-electron chi connectivity index (χ2n) is 3.00. The van der Waals surface area contributed by atoms with Crippen LogP contribution in [0.1, 0.15) is 5.56 Å². The van der Waals surface area contributed by atoms with Crippen molar-refractivity contribution in [2.24, 2.45) is 5.16 Å². The highest BCUT2D eigenvalue weighted by Crippen LogP contribution is 2.24. The lowest BCUT2D eigenvalue weighted by molar-refractivity contribution is -0.129. The summed E-state index contributed by atoms with van der Waals surface area (Å²) in [6.07, 6.45) is 1.44. The molecule has 0 amide bonds. The Morgan fingerprint density at radius 3 is 2.82 bits per heavy atom. The largest absolute Gasteiger partial charge is 0.506 e. The van der Waals surface area contributed by atoms with Crippen LogP contribution >= 0.6 is 11.6 Å². The molecule has 0 spiro atoms. The third-order valence-electron chi connectivity index (χ3n) is 1.77. The average Bonchev–Trinajstić information content (AvgIpc) is 2.28. The Balaban J connectivity index is 3.05. The number of carboxylic acids is 1. The third-order valence-corrected chi connectivity index (χ3v) is 2.07. The van der Waals surface area contributed by atoms with Crippen LogP contribution in [0.4, 0.5) is 0 Å². The molecule has 0 atom stereocenters. The fraction of sp³-hybridized carbons (Fsp3) is 0.0909. The van der Waals surface area contributed by atoms with Crippen LogP contribution in [0.5, 0.6) is 5.75 Å². The van der Waals surface area contributed by atoms with Crippen LogP contribution in [-0.4, -0.2) is 28.5 Å². The summed E-state index contributed by atoms with van der Waals surface area (Å²) in [5.41, 5.74) is -0.0573. The van der Waals surface area contributed by atoms with Crippen LogP contribution in [0.3, 0.4) is 0 Å². The van der Waals surface area contributed by atoms with Gasteiger partial charge in [-0.15, -0.1) is 0 Å². The molecule has 2 N–H and O–H groups in total. The standard InChI is InChI=1S/C11H10ClNO4/c1-2-5-17-13-10(11(15)16)7-3-4-9(14)8(12)6-7/h2-4,6,14H,1,5H2,(H,15,16). The van der Waals surface area contributed by atoms with Crippen molar-refractivity contribution < 1.29 is 19.8 Å². The number of aliphatic carboxylic acids is 1.